The minimum Gasteiger partial charge on any atom is -0.433 e. The number of aliphatic hydroxyl groups is 1. The summed E-state index contributed by atoms with van der Waals surface area (Å²) in [6.45, 7) is -2.63. The average molecular weight is 238 g/mol. The summed E-state index contributed by atoms with van der Waals surface area (Å²) in [7, 11) is 0. The van der Waals surface area contributed by atoms with E-state index in [1.807, 2.05) is 0 Å². The van der Waals surface area contributed by atoms with E-state index >= 15 is 0 Å². The van der Waals surface area contributed by atoms with E-state index < -0.39 is 6.61 Å². The number of alkyl halides is 2. The maximum atomic E-state index is 11.9. The Bertz CT molecular complexity index is 323. The van der Waals surface area contributed by atoms with Crippen molar-refractivity contribution in [1.82, 2.24) is 0 Å². The van der Waals surface area contributed by atoms with Crippen molar-refractivity contribution >= 4 is 17.3 Å². The lowest BCUT2D eigenvalue weighted by Crippen LogP contribution is -2.06. The lowest BCUT2D eigenvalue weighted by molar-refractivity contribution is -0.0497. The molecule has 1 aromatic carbocycles. The van der Waals surface area contributed by atoms with Gasteiger partial charge in [0.25, 0.3) is 0 Å². The van der Waals surface area contributed by atoms with Crippen LogP contribution in [0.4, 0.5) is 14.5 Å². The molecule has 0 atom stereocenters. The molecule has 0 unspecified atom stereocenters. The van der Waals surface area contributed by atoms with Crippen molar-refractivity contribution in [2.75, 3.05) is 18.5 Å². The summed E-state index contributed by atoms with van der Waals surface area (Å²) >= 11 is 5.64. The highest BCUT2D eigenvalue weighted by molar-refractivity contribution is 6.32. The largest absolute Gasteiger partial charge is 0.433 e. The summed E-state index contributed by atoms with van der Waals surface area (Å²) in [5.74, 6) is -0.0883. The number of anilines is 1. The quantitative estimate of drug-likeness (QED) is 0.826. The summed E-state index contributed by atoms with van der Waals surface area (Å²) in [6.07, 6.45) is 0. The van der Waals surface area contributed by atoms with Gasteiger partial charge in [-0.3, -0.25) is 0 Å². The van der Waals surface area contributed by atoms with E-state index in [0.717, 1.165) is 0 Å². The second-order valence-corrected chi connectivity index (χ2v) is 3.08. The Morgan fingerprint density at radius 2 is 2.20 bits per heavy atom. The van der Waals surface area contributed by atoms with Gasteiger partial charge in [-0.05, 0) is 12.1 Å². The highest BCUT2D eigenvalue weighted by Crippen LogP contribution is 2.28. The molecule has 15 heavy (non-hydrogen) atoms. The van der Waals surface area contributed by atoms with Crippen molar-refractivity contribution in [2.24, 2.45) is 0 Å². The topological polar surface area (TPSA) is 41.5 Å². The minimum atomic E-state index is -2.91. The molecule has 0 saturated heterocycles. The van der Waals surface area contributed by atoms with Crippen molar-refractivity contribution < 1.29 is 18.6 Å². The molecule has 0 radical (unpaired) electrons. The number of ether oxygens (including phenoxy) is 1. The van der Waals surface area contributed by atoms with Gasteiger partial charge in [-0.25, -0.2) is 0 Å². The summed E-state index contributed by atoms with van der Waals surface area (Å²) in [4.78, 5) is 0. The first-order valence-corrected chi connectivity index (χ1v) is 4.60. The molecule has 3 nitrogen and oxygen atoms in total. The molecule has 2 N–H and O–H groups in total. The lowest BCUT2D eigenvalue weighted by atomic mass is 10.3. The summed E-state index contributed by atoms with van der Waals surface area (Å²) in [5, 5.41) is 11.5. The first kappa shape index (κ1) is 12.0. The third-order valence-corrected chi connectivity index (χ3v) is 1.90. The van der Waals surface area contributed by atoms with Gasteiger partial charge in [0.15, 0.2) is 0 Å². The number of nitrogens with one attached hydrogen (secondary N) is 1. The third-order valence-electron chi connectivity index (χ3n) is 1.59. The molecule has 0 aliphatic carbocycles. The zero-order chi connectivity index (χ0) is 11.3. The Kier molecular flexibility index (Phi) is 4.58. The van der Waals surface area contributed by atoms with Gasteiger partial charge < -0.3 is 15.2 Å². The Labute approximate surface area is 90.6 Å². The van der Waals surface area contributed by atoms with Crippen molar-refractivity contribution in [3.63, 3.8) is 0 Å². The van der Waals surface area contributed by atoms with Crippen molar-refractivity contribution in [3.05, 3.63) is 23.2 Å². The van der Waals surface area contributed by atoms with Crippen LogP contribution in [0.15, 0.2) is 18.2 Å². The van der Waals surface area contributed by atoms with Gasteiger partial charge in [0.1, 0.15) is 5.75 Å². The van der Waals surface area contributed by atoms with E-state index in [4.69, 9.17) is 16.7 Å². The minimum absolute atomic E-state index is 0.0480. The van der Waals surface area contributed by atoms with Crippen LogP contribution in [0.5, 0.6) is 5.75 Å². The second-order valence-electron chi connectivity index (χ2n) is 2.67. The SMILES string of the molecule is OCCNc1ccc(Cl)c(OC(F)F)c1. The van der Waals surface area contributed by atoms with Gasteiger partial charge in [-0.2, -0.15) is 8.78 Å². The molecular formula is C9H10ClF2NO2. The summed E-state index contributed by atoms with van der Waals surface area (Å²) < 4.78 is 28.1. The fourth-order valence-corrected chi connectivity index (χ4v) is 1.16. The molecule has 0 heterocycles. The summed E-state index contributed by atoms with van der Waals surface area (Å²) in [5.41, 5.74) is 0.559. The van der Waals surface area contributed by atoms with Crippen LogP contribution in [0, 0.1) is 0 Å². The van der Waals surface area contributed by atoms with Gasteiger partial charge in [-0.15, -0.1) is 0 Å². The van der Waals surface area contributed by atoms with Crippen LogP contribution in [-0.2, 0) is 0 Å². The number of hydrogen-bond acceptors (Lipinski definition) is 3. The number of aliphatic hydroxyl groups excluding tert-OH is 1. The number of benzene rings is 1. The van der Waals surface area contributed by atoms with E-state index in [2.05, 4.69) is 10.1 Å². The zero-order valence-electron chi connectivity index (χ0n) is 7.71. The highest BCUT2D eigenvalue weighted by atomic mass is 35.5. The predicted octanol–water partition coefficient (Wildman–Crippen LogP) is 2.35. The zero-order valence-corrected chi connectivity index (χ0v) is 8.47. The van der Waals surface area contributed by atoms with Gasteiger partial charge in [0, 0.05) is 18.3 Å². The van der Waals surface area contributed by atoms with Crippen molar-refractivity contribution in [3.8, 4) is 5.75 Å². The van der Waals surface area contributed by atoms with Crippen LogP contribution < -0.4 is 10.1 Å². The molecule has 1 aromatic rings. The van der Waals surface area contributed by atoms with Crippen LogP contribution >= 0.6 is 11.6 Å². The first-order valence-electron chi connectivity index (χ1n) is 4.22. The van der Waals surface area contributed by atoms with Crippen LogP contribution in [-0.4, -0.2) is 24.9 Å². The fourth-order valence-electron chi connectivity index (χ4n) is 1.000. The van der Waals surface area contributed by atoms with E-state index in [1.165, 1.54) is 12.1 Å². The van der Waals surface area contributed by atoms with E-state index in [-0.39, 0.29) is 17.4 Å². The third kappa shape index (κ3) is 3.89. The number of rotatable bonds is 5. The Morgan fingerprint density at radius 3 is 2.80 bits per heavy atom. The molecular weight excluding hydrogens is 228 g/mol. The van der Waals surface area contributed by atoms with Crippen LogP contribution in [0.1, 0.15) is 0 Å². The molecule has 0 spiro atoms. The maximum Gasteiger partial charge on any atom is 0.387 e. The predicted molar refractivity (Wildman–Crippen MR) is 53.7 cm³/mol. The summed E-state index contributed by atoms with van der Waals surface area (Å²) in [6, 6.07) is 4.40. The molecule has 0 amide bonds. The molecule has 0 bridgehead atoms. The van der Waals surface area contributed by atoms with Crippen molar-refractivity contribution in [1.29, 1.82) is 0 Å². The molecule has 0 saturated carbocycles. The Hall–Kier alpha value is -1.07. The smallest absolute Gasteiger partial charge is 0.387 e. The Morgan fingerprint density at radius 1 is 1.47 bits per heavy atom. The van der Waals surface area contributed by atoms with E-state index in [9.17, 15) is 8.78 Å². The first-order chi connectivity index (χ1) is 7.13. The molecule has 0 aliphatic heterocycles. The molecule has 84 valence electrons. The van der Waals surface area contributed by atoms with E-state index in [0.29, 0.717) is 12.2 Å². The van der Waals surface area contributed by atoms with Crippen molar-refractivity contribution in [2.45, 2.75) is 6.61 Å². The molecule has 0 aromatic heterocycles. The number of hydrogen-bond donors (Lipinski definition) is 2. The standard InChI is InChI=1S/C9H10ClF2NO2/c10-7-2-1-6(13-3-4-14)5-8(7)15-9(11)12/h1-2,5,9,13-14H,3-4H2. The molecule has 1 rings (SSSR count). The normalized spacial score (nSPS) is 10.5. The Balaban J connectivity index is 2.75. The van der Waals surface area contributed by atoms with Crippen LogP contribution in [0.3, 0.4) is 0 Å². The van der Waals surface area contributed by atoms with Gasteiger partial charge in [0.05, 0.1) is 11.6 Å². The fraction of sp³-hybridized carbons (Fsp3) is 0.333. The van der Waals surface area contributed by atoms with Crippen LogP contribution in [0.25, 0.3) is 0 Å². The van der Waals surface area contributed by atoms with Gasteiger partial charge in [-0.1, -0.05) is 11.6 Å². The molecule has 0 fully saturated rings. The van der Waals surface area contributed by atoms with Gasteiger partial charge in [0.2, 0.25) is 0 Å². The van der Waals surface area contributed by atoms with Crippen LogP contribution in [0.2, 0.25) is 5.02 Å². The van der Waals surface area contributed by atoms with E-state index in [1.54, 1.807) is 6.07 Å². The monoisotopic (exact) mass is 237 g/mol. The molecule has 0 aliphatic rings. The number of halogens is 3. The maximum absolute atomic E-state index is 11.9. The lowest BCUT2D eigenvalue weighted by Gasteiger charge is -2.09. The average Bonchev–Trinajstić information content (AvgIpc) is 2.18. The highest BCUT2D eigenvalue weighted by Gasteiger charge is 2.08. The molecule has 6 heteroatoms. The van der Waals surface area contributed by atoms with Gasteiger partial charge >= 0.3 is 6.61 Å². The second kappa shape index (κ2) is 5.72.